The van der Waals surface area contributed by atoms with Crippen LogP contribution in [0.25, 0.3) is 0 Å². The van der Waals surface area contributed by atoms with Crippen molar-refractivity contribution in [2.75, 3.05) is 26.8 Å². The van der Waals surface area contributed by atoms with Crippen LogP contribution >= 0.6 is 0 Å². The smallest absolute Gasteiger partial charge is 0.0510 e. The van der Waals surface area contributed by atoms with Crippen molar-refractivity contribution in [1.29, 1.82) is 0 Å². The van der Waals surface area contributed by atoms with Gasteiger partial charge in [0.05, 0.1) is 6.61 Å². The summed E-state index contributed by atoms with van der Waals surface area (Å²) < 4.78 is 5.32. The fraction of sp³-hybridized carbons (Fsp3) is 1.00. The molecule has 0 aromatic rings. The van der Waals surface area contributed by atoms with Crippen molar-refractivity contribution < 1.29 is 4.74 Å². The molecule has 0 amide bonds. The van der Waals surface area contributed by atoms with Crippen LogP contribution in [0.1, 0.15) is 20.3 Å². The van der Waals surface area contributed by atoms with Crippen molar-refractivity contribution in [2.24, 2.45) is 11.7 Å². The number of ether oxygens (including phenoxy) is 1. The second-order valence-electron chi connectivity index (χ2n) is 4.32. The topological polar surface area (TPSA) is 38.5 Å². The van der Waals surface area contributed by atoms with E-state index in [0.29, 0.717) is 12.0 Å². The molecule has 1 rings (SSSR count). The molecule has 0 radical (unpaired) electrons. The SMILES string of the molecule is CC(C)N(C)CC(N)C1CCOC1. The van der Waals surface area contributed by atoms with Gasteiger partial charge in [-0.15, -0.1) is 0 Å². The fourth-order valence-corrected chi connectivity index (χ4v) is 1.58. The molecule has 2 atom stereocenters. The Balaban J connectivity index is 2.26. The van der Waals surface area contributed by atoms with E-state index < -0.39 is 0 Å². The molecular formula is C10H22N2O. The average Bonchev–Trinajstić information content (AvgIpc) is 2.55. The highest BCUT2D eigenvalue weighted by Gasteiger charge is 2.23. The Bertz CT molecular complexity index is 144. The minimum Gasteiger partial charge on any atom is -0.381 e. The van der Waals surface area contributed by atoms with Gasteiger partial charge in [-0.05, 0) is 27.3 Å². The lowest BCUT2D eigenvalue weighted by molar-refractivity contribution is 0.169. The molecule has 3 heteroatoms. The molecule has 1 fully saturated rings. The van der Waals surface area contributed by atoms with Gasteiger partial charge in [0.1, 0.15) is 0 Å². The van der Waals surface area contributed by atoms with Gasteiger partial charge in [0.25, 0.3) is 0 Å². The third-order valence-corrected chi connectivity index (χ3v) is 2.95. The summed E-state index contributed by atoms with van der Waals surface area (Å²) in [5.41, 5.74) is 6.10. The maximum atomic E-state index is 6.10. The molecule has 0 aromatic heterocycles. The molecule has 3 nitrogen and oxygen atoms in total. The van der Waals surface area contributed by atoms with Crippen LogP contribution in [0.5, 0.6) is 0 Å². The van der Waals surface area contributed by atoms with E-state index in [0.717, 1.165) is 26.2 Å². The Morgan fingerprint density at radius 2 is 2.23 bits per heavy atom. The minimum atomic E-state index is 0.273. The summed E-state index contributed by atoms with van der Waals surface area (Å²) in [6.07, 6.45) is 1.13. The first-order valence-electron chi connectivity index (χ1n) is 5.15. The van der Waals surface area contributed by atoms with Crippen molar-refractivity contribution in [3.8, 4) is 0 Å². The number of hydrogen-bond donors (Lipinski definition) is 1. The van der Waals surface area contributed by atoms with Crippen molar-refractivity contribution >= 4 is 0 Å². The zero-order chi connectivity index (χ0) is 9.84. The van der Waals surface area contributed by atoms with Crippen LogP contribution in [-0.2, 0) is 4.74 Å². The van der Waals surface area contributed by atoms with Gasteiger partial charge in [-0.3, -0.25) is 0 Å². The summed E-state index contributed by atoms with van der Waals surface area (Å²) in [6, 6.07) is 0.850. The molecule has 1 aliphatic rings. The summed E-state index contributed by atoms with van der Waals surface area (Å²) in [5, 5.41) is 0. The van der Waals surface area contributed by atoms with Crippen LogP contribution in [0.3, 0.4) is 0 Å². The maximum absolute atomic E-state index is 6.10. The highest BCUT2D eigenvalue weighted by atomic mass is 16.5. The summed E-state index contributed by atoms with van der Waals surface area (Å²) in [4.78, 5) is 2.29. The van der Waals surface area contributed by atoms with Gasteiger partial charge in [0.15, 0.2) is 0 Å². The Labute approximate surface area is 81.2 Å². The first-order valence-corrected chi connectivity index (χ1v) is 5.15. The van der Waals surface area contributed by atoms with Gasteiger partial charge >= 0.3 is 0 Å². The Kier molecular flexibility index (Phi) is 4.16. The van der Waals surface area contributed by atoms with E-state index >= 15 is 0 Å². The van der Waals surface area contributed by atoms with E-state index in [9.17, 15) is 0 Å². The van der Waals surface area contributed by atoms with Crippen molar-refractivity contribution in [3.63, 3.8) is 0 Å². The van der Waals surface area contributed by atoms with Gasteiger partial charge in [0.2, 0.25) is 0 Å². The molecule has 2 unspecified atom stereocenters. The van der Waals surface area contributed by atoms with E-state index in [4.69, 9.17) is 10.5 Å². The summed E-state index contributed by atoms with van der Waals surface area (Å²) in [6.45, 7) is 7.11. The van der Waals surface area contributed by atoms with Crippen LogP contribution in [0.4, 0.5) is 0 Å². The lowest BCUT2D eigenvalue weighted by Gasteiger charge is -2.27. The molecule has 0 spiro atoms. The van der Waals surface area contributed by atoms with E-state index in [1.807, 2.05) is 0 Å². The van der Waals surface area contributed by atoms with E-state index in [1.54, 1.807) is 0 Å². The predicted molar refractivity (Wildman–Crippen MR) is 54.7 cm³/mol. The molecule has 13 heavy (non-hydrogen) atoms. The van der Waals surface area contributed by atoms with Gasteiger partial charge in [-0.1, -0.05) is 0 Å². The second-order valence-corrected chi connectivity index (χ2v) is 4.32. The van der Waals surface area contributed by atoms with Gasteiger partial charge in [-0.2, -0.15) is 0 Å². The monoisotopic (exact) mass is 186 g/mol. The lowest BCUT2D eigenvalue weighted by Crippen LogP contribution is -2.43. The molecular weight excluding hydrogens is 164 g/mol. The zero-order valence-corrected chi connectivity index (χ0v) is 8.99. The van der Waals surface area contributed by atoms with E-state index in [1.165, 1.54) is 0 Å². The normalized spacial score (nSPS) is 25.8. The maximum Gasteiger partial charge on any atom is 0.0510 e. The van der Waals surface area contributed by atoms with E-state index in [-0.39, 0.29) is 6.04 Å². The van der Waals surface area contributed by atoms with Crippen LogP contribution in [0.15, 0.2) is 0 Å². The molecule has 1 aliphatic heterocycles. The van der Waals surface area contributed by atoms with E-state index in [2.05, 4.69) is 25.8 Å². The molecule has 1 saturated heterocycles. The quantitative estimate of drug-likeness (QED) is 0.702. The number of likely N-dealkylation sites (N-methyl/N-ethyl adjacent to an activating group) is 1. The van der Waals surface area contributed by atoms with Crippen LogP contribution < -0.4 is 5.73 Å². The summed E-state index contributed by atoms with van der Waals surface area (Å²) in [7, 11) is 2.13. The Morgan fingerprint density at radius 3 is 2.69 bits per heavy atom. The largest absolute Gasteiger partial charge is 0.381 e. The van der Waals surface area contributed by atoms with Crippen molar-refractivity contribution in [1.82, 2.24) is 4.90 Å². The standard InChI is InChI=1S/C10H22N2O/c1-8(2)12(3)6-10(11)9-4-5-13-7-9/h8-10H,4-7,11H2,1-3H3. The molecule has 78 valence electrons. The fourth-order valence-electron chi connectivity index (χ4n) is 1.58. The number of nitrogens with zero attached hydrogens (tertiary/aromatic N) is 1. The van der Waals surface area contributed by atoms with Gasteiger partial charge in [-0.25, -0.2) is 0 Å². The molecule has 1 heterocycles. The molecule has 0 bridgehead atoms. The van der Waals surface area contributed by atoms with Crippen LogP contribution in [0, 0.1) is 5.92 Å². The summed E-state index contributed by atoms with van der Waals surface area (Å²) >= 11 is 0. The van der Waals surface area contributed by atoms with Gasteiger partial charge in [0, 0.05) is 31.2 Å². The summed E-state index contributed by atoms with van der Waals surface area (Å²) in [5.74, 6) is 0.571. The van der Waals surface area contributed by atoms with Gasteiger partial charge < -0.3 is 15.4 Å². The minimum absolute atomic E-state index is 0.273. The molecule has 2 N–H and O–H groups in total. The Morgan fingerprint density at radius 1 is 1.54 bits per heavy atom. The van der Waals surface area contributed by atoms with Crippen LogP contribution in [-0.4, -0.2) is 43.8 Å². The van der Waals surface area contributed by atoms with Crippen LogP contribution in [0.2, 0.25) is 0 Å². The Hall–Kier alpha value is -0.120. The number of rotatable bonds is 4. The molecule has 0 saturated carbocycles. The average molecular weight is 186 g/mol. The molecule has 0 aliphatic carbocycles. The number of hydrogen-bond acceptors (Lipinski definition) is 3. The first-order chi connectivity index (χ1) is 6.11. The highest BCUT2D eigenvalue weighted by Crippen LogP contribution is 2.16. The second kappa shape index (κ2) is 4.94. The third kappa shape index (κ3) is 3.25. The number of nitrogens with two attached hydrogens (primary N) is 1. The predicted octanol–water partition coefficient (Wildman–Crippen LogP) is 0.690. The third-order valence-electron chi connectivity index (χ3n) is 2.95. The van der Waals surface area contributed by atoms with Crippen molar-refractivity contribution in [3.05, 3.63) is 0 Å². The first kappa shape index (κ1) is 11.0. The molecule has 0 aromatic carbocycles. The zero-order valence-electron chi connectivity index (χ0n) is 8.99. The highest BCUT2D eigenvalue weighted by molar-refractivity contribution is 4.79. The van der Waals surface area contributed by atoms with Crippen molar-refractivity contribution in [2.45, 2.75) is 32.4 Å². The lowest BCUT2D eigenvalue weighted by atomic mass is 9.99.